The Morgan fingerprint density at radius 1 is 1.08 bits per heavy atom. The topological polar surface area (TPSA) is 24.5 Å². The van der Waals surface area contributed by atoms with Crippen molar-refractivity contribution in [3.05, 3.63) is 42.0 Å². The van der Waals surface area contributed by atoms with E-state index in [1.165, 1.54) is 7.11 Å². The number of alkyl halides is 3. The van der Waals surface area contributed by atoms with Crippen molar-refractivity contribution in [3.63, 3.8) is 0 Å². The van der Waals surface area contributed by atoms with Gasteiger partial charge >= 0.3 is 6.18 Å². The van der Waals surface area contributed by atoms with Crippen LogP contribution in [0.1, 0.15) is 18.0 Å². The average Bonchev–Trinajstić information content (AvgIpc) is 2.59. The highest BCUT2D eigenvalue weighted by Crippen LogP contribution is 2.41. The minimum atomic E-state index is -4.24. The Labute approximate surface area is 163 Å². The number of hydrogen-bond acceptors (Lipinski definition) is 3. The van der Waals surface area contributed by atoms with E-state index in [1.54, 1.807) is 6.07 Å². The van der Waals surface area contributed by atoms with Crippen LogP contribution in [-0.4, -0.2) is 44.4 Å². The van der Waals surface area contributed by atoms with Crippen LogP contribution in [0.25, 0.3) is 10.8 Å². The van der Waals surface area contributed by atoms with Gasteiger partial charge in [-0.1, -0.05) is 30.3 Å². The molecule has 2 aromatic carbocycles. The molecule has 2 aromatic rings. The highest BCUT2D eigenvalue weighted by Gasteiger charge is 2.37. The Morgan fingerprint density at radius 3 is 2.35 bits per heavy atom. The van der Waals surface area contributed by atoms with Gasteiger partial charge in [0.15, 0.2) is 0 Å². The zero-order valence-electron chi connectivity index (χ0n) is 14.4. The first-order valence-corrected chi connectivity index (χ1v) is 8.07. The second kappa shape index (κ2) is 9.65. The second-order valence-corrected chi connectivity index (χ2v) is 6.02. The quantitative estimate of drug-likeness (QED) is 0.797. The highest BCUT2D eigenvalue weighted by molar-refractivity contribution is 5.88. The number of piperazine rings is 1. The van der Waals surface area contributed by atoms with Gasteiger partial charge < -0.3 is 10.1 Å². The molecule has 146 valence electrons. The summed E-state index contributed by atoms with van der Waals surface area (Å²) in [7, 11) is 1.51. The molecule has 0 saturated carbocycles. The normalized spacial score (nSPS) is 16.5. The summed E-state index contributed by atoms with van der Waals surface area (Å²) >= 11 is 0. The van der Waals surface area contributed by atoms with Crippen molar-refractivity contribution < 1.29 is 17.9 Å². The highest BCUT2D eigenvalue weighted by atomic mass is 35.5. The fraction of sp³-hybridized carbons (Fsp3) is 0.444. The van der Waals surface area contributed by atoms with Crippen LogP contribution in [0, 0.1) is 0 Å². The summed E-state index contributed by atoms with van der Waals surface area (Å²) in [5.41, 5.74) is 0.634. The van der Waals surface area contributed by atoms with Crippen molar-refractivity contribution in [2.45, 2.75) is 18.6 Å². The van der Waals surface area contributed by atoms with Gasteiger partial charge in [0.1, 0.15) is 5.75 Å². The van der Waals surface area contributed by atoms with E-state index in [1.807, 2.05) is 35.2 Å². The molecule has 0 spiro atoms. The van der Waals surface area contributed by atoms with Crippen LogP contribution < -0.4 is 10.1 Å². The standard InChI is InChI=1S/C18H21F3N2O.2ClH/c1-24-16-7-6-13-4-2-3-5-14(13)17(16)15(12-18(19,20)21)23-10-8-22-9-11-23;;/h2-7,15,22H,8-12H2,1H3;2*1H/t15-;;/m0../s1. The lowest BCUT2D eigenvalue weighted by atomic mass is 9.93. The molecule has 0 aliphatic carbocycles. The molecular weight excluding hydrogens is 388 g/mol. The number of benzene rings is 2. The number of fused-ring (bicyclic) bond motifs is 1. The molecule has 1 atom stereocenters. The third kappa shape index (κ3) is 5.16. The van der Waals surface area contributed by atoms with Gasteiger partial charge in [0.2, 0.25) is 0 Å². The maximum atomic E-state index is 13.3. The Hall–Kier alpha value is -1.21. The van der Waals surface area contributed by atoms with Crippen LogP contribution in [-0.2, 0) is 0 Å². The monoisotopic (exact) mass is 410 g/mol. The van der Waals surface area contributed by atoms with Crippen LogP contribution >= 0.6 is 24.8 Å². The van der Waals surface area contributed by atoms with E-state index >= 15 is 0 Å². The largest absolute Gasteiger partial charge is 0.496 e. The van der Waals surface area contributed by atoms with Gasteiger partial charge in [0, 0.05) is 37.8 Å². The predicted octanol–water partition coefficient (Wildman–Crippen LogP) is 4.59. The Bertz CT molecular complexity index is 706. The summed E-state index contributed by atoms with van der Waals surface area (Å²) in [6, 6.07) is 10.5. The van der Waals surface area contributed by atoms with E-state index in [0.717, 1.165) is 10.8 Å². The molecule has 3 rings (SSSR count). The first kappa shape index (κ1) is 22.8. The summed E-state index contributed by atoms with van der Waals surface area (Å²) in [5, 5.41) is 4.95. The third-order valence-corrected chi connectivity index (χ3v) is 4.50. The van der Waals surface area contributed by atoms with E-state index in [0.29, 0.717) is 37.5 Å². The van der Waals surface area contributed by atoms with E-state index in [-0.39, 0.29) is 24.8 Å². The van der Waals surface area contributed by atoms with Crippen LogP contribution in [0.4, 0.5) is 13.2 Å². The molecule has 0 unspecified atom stereocenters. The minimum absolute atomic E-state index is 0. The fourth-order valence-corrected chi connectivity index (χ4v) is 3.42. The minimum Gasteiger partial charge on any atom is -0.496 e. The molecule has 1 aliphatic heterocycles. The number of rotatable bonds is 4. The number of nitrogens with zero attached hydrogens (tertiary/aromatic N) is 1. The lowest BCUT2D eigenvalue weighted by Gasteiger charge is -2.36. The van der Waals surface area contributed by atoms with Gasteiger partial charge in [0.05, 0.1) is 13.5 Å². The molecular formula is C18H23Cl2F3N2O. The smallest absolute Gasteiger partial charge is 0.390 e. The van der Waals surface area contributed by atoms with Crippen molar-refractivity contribution in [2.24, 2.45) is 0 Å². The van der Waals surface area contributed by atoms with Gasteiger partial charge in [-0.3, -0.25) is 4.90 Å². The molecule has 1 heterocycles. The summed E-state index contributed by atoms with van der Waals surface area (Å²) in [6.45, 7) is 2.57. The molecule has 0 aromatic heterocycles. The van der Waals surface area contributed by atoms with Crippen LogP contribution in [0.3, 0.4) is 0 Å². The van der Waals surface area contributed by atoms with Gasteiger partial charge in [0.25, 0.3) is 0 Å². The van der Waals surface area contributed by atoms with Crippen molar-refractivity contribution >= 4 is 35.6 Å². The van der Waals surface area contributed by atoms with Crippen molar-refractivity contribution in [3.8, 4) is 5.75 Å². The Morgan fingerprint density at radius 2 is 1.73 bits per heavy atom. The second-order valence-electron chi connectivity index (χ2n) is 6.02. The predicted molar refractivity (Wildman–Crippen MR) is 103 cm³/mol. The van der Waals surface area contributed by atoms with Crippen molar-refractivity contribution in [2.75, 3.05) is 33.3 Å². The van der Waals surface area contributed by atoms with Crippen LogP contribution in [0.15, 0.2) is 36.4 Å². The number of hydrogen-bond donors (Lipinski definition) is 1. The fourth-order valence-electron chi connectivity index (χ4n) is 3.42. The first-order chi connectivity index (χ1) is 11.5. The zero-order chi connectivity index (χ0) is 17.2. The summed E-state index contributed by atoms with van der Waals surface area (Å²) in [4.78, 5) is 1.91. The van der Waals surface area contributed by atoms with E-state index in [2.05, 4.69) is 5.32 Å². The number of methoxy groups -OCH3 is 1. The van der Waals surface area contributed by atoms with E-state index < -0.39 is 18.6 Å². The Kier molecular flexibility index (Phi) is 8.47. The molecule has 1 fully saturated rings. The molecule has 1 aliphatic rings. The molecule has 1 saturated heterocycles. The van der Waals surface area contributed by atoms with Crippen LogP contribution in [0.5, 0.6) is 5.75 Å². The lowest BCUT2D eigenvalue weighted by molar-refractivity contribution is -0.148. The molecule has 1 N–H and O–H groups in total. The van der Waals surface area contributed by atoms with Crippen molar-refractivity contribution in [1.29, 1.82) is 0 Å². The maximum absolute atomic E-state index is 13.3. The van der Waals surface area contributed by atoms with Gasteiger partial charge in [-0.2, -0.15) is 13.2 Å². The summed E-state index contributed by atoms with van der Waals surface area (Å²) in [5.74, 6) is 0.515. The van der Waals surface area contributed by atoms with Gasteiger partial charge in [-0.05, 0) is 16.8 Å². The lowest BCUT2D eigenvalue weighted by Crippen LogP contribution is -2.46. The van der Waals surface area contributed by atoms with E-state index in [9.17, 15) is 13.2 Å². The molecule has 0 bridgehead atoms. The van der Waals surface area contributed by atoms with Crippen LogP contribution in [0.2, 0.25) is 0 Å². The van der Waals surface area contributed by atoms with Gasteiger partial charge in [-0.25, -0.2) is 0 Å². The molecule has 8 heteroatoms. The van der Waals surface area contributed by atoms with Gasteiger partial charge in [-0.15, -0.1) is 24.8 Å². The first-order valence-electron chi connectivity index (χ1n) is 8.07. The molecule has 26 heavy (non-hydrogen) atoms. The molecule has 0 radical (unpaired) electrons. The number of halogens is 5. The Balaban J connectivity index is 0.00000169. The molecule has 3 nitrogen and oxygen atoms in total. The third-order valence-electron chi connectivity index (χ3n) is 4.50. The van der Waals surface area contributed by atoms with Crippen molar-refractivity contribution in [1.82, 2.24) is 10.2 Å². The SMILES string of the molecule is COc1ccc2ccccc2c1[C@H](CC(F)(F)F)N1CCNCC1.Cl.Cl. The molecule has 0 amide bonds. The maximum Gasteiger partial charge on any atom is 0.390 e. The average molecular weight is 411 g/mol. The summed E-state index contributed by atoms with van der Waals surface area (Å²) < 4.78 is 45.3. The number of nitrogens with one attached hydrogen (secondary N) is 1. The summed E-state index contributed by atoms with van der Waals surface area (Å²) in [6.07, 6.45) is -5.12. The van der Waals surface area contributed by atoms with E-state index in [4.69, 9.17) is 4.74 Å². The zero-order valence-corrected chi connectivity index (χ0v) is 16.0. The number of ether oxygens (including phenoxy) is 1.